The third kappa shape index (κ3) is 5.80. The van der Waals surface area contributed by atoms with Gasteiger partial charge in [-0.05, 0) is 12.1 Å². The first kappa shape index (κ1) is 21.3. The number of morpholine rings is 1. The molecule has 1 aromatic heterocycles. The Labute approximate surface area is 184 Å². The van der Waals surface area contributed by atoms with E-state index >= 15 is 0 Å². The number of para-hydroxylation sites is 1. The molecule has 0 spiro atoms. The highest BCUT2D eigenvalue weighted by atomic mass is 16.5. The number of ether oxygens (including phenoxy) is 1. The molecule has 1 aliphatic rings. The van der Waals surface area contributed by atoms with Gasteiger partial charge in [0.25, 0.3) is 0 Å². The van der Waals surface area contributed by atoms with Crippen molar-refractivity contribution in [2.75, 3.05) is 45.9 Å². The highest BCUT2D eigenvalue weighted by molar-refractivity contribution is 5.63. The molecule has 0 atom stereocenters. The maximum absolute atomic E-state index is 9.16. The predicted molar refractivity (Wildman–Crippen MR) is 122 cm³/mol. The van der Waals surface area contributed by atoms with Crippen LogP contribution in [0.2, 0.25) is 0 Å². The van der Waals surface area contributed by atoms with E-state index in [-0.39, 0.29) is 0 Å². The summed E-state index contributed by atoms with van der Waals surface area (Å²) in [4.78, 5) is 4.81. The first-order valence-electron chi connectivity index (χ1n) is 10.9. The molecule has 0 N–H and O–H groups in total. The van der Waals surface area contributed by atoms with Crippen LogP contribution in [0.3, 0.4) is 0 Å². The molecule has 0 bridgehead atoms. The summed E-state index contributed by atoms with van der Waals surface area (Å²) in [5, 5.41) is 14.1. The van der Waals surface area contributed by atoms with E-state index in [4.69, 9.17) is 15.1 Å². The molecule has 0 saturated carbocycles. The zero-order valence-electron chi connectivity index (χ0n) is 17.9. The van der Waals surface area contributed by atoms with E-state index in [2.05, 4.69) is 46.3 Å². The summed E-state index contributed by atoms with van der Waals surface area (Å²) in [6, 6.07) is 22.8. The lowest BCUT2D eigenvalue weighted by molar-refractivity contribution is 0.0330. The fourth-order valence-corrected chi connectivity index (χ4v) is 3.90. The molecule has 160 valence electrons. The van der Waals surface area contributed by atoms with E-state index in [0.29, 0.717) is 6.42 Å². The Balaban J connectivity index is 1.57. The molecule has 4 rings (SSSR count). The molecular formula is C25H29N5O. The van der Waals surface area contributed by atoms with Crippen LogP contribution in [0.1, 0.15) is 12.0 Å². The van der Waals surface area contributed by atoms with Gasteiger partial charge in [-0.3, -0.25) is 9.80 Å². The fourth-order valence-electron chi connectivity index (χ4n) is 3.90. The number of nitriles is 1. The second-order valence-electron chi connectivity index (χ2n) is 7.79. The van der Waals surface area contributed by atoms with Crippen LogP contribution >= 0.6 is 0 Å². The van der Waals surface area contributed by atoms with Gasteiger partial charge in [-0.2, -0.15) is 10.4 Å². The van der Waals surface area contributed by atoms with E-state index in [1.165, 1.54) is 5.56 Å². The zero-order valence-corrected chi connectivity index (χ0v) is 17.9. The van der Waals surface area contributed by atoms with Crippen LogP contribution in [0.4, 0.5) is 0 Å². The van der Waals surface area contributed by atoms with Gasteiger partial charge in [-0.15, -0.1) is 0 Å². The molecule has 0 radical (unpaired) electrons. The van der Waals surface area contributed by atoms with Gasteiger partial charge in [0.1, 0.15) is 0 Å². The molecule has 3 aromatic rings. The maximum atomic E-state index is 9.16. The van der Waals surface area contributed by atoms with Crippen LogP contribution in [0, 0.1) is 11.3 Å². The summed E-state index contributed by atoms with van der Waals surface area (Å²) in [5.74, 6) is 0. The SMILES string of the molecule is N#CCCN(CCN1CCOCC1)Cc1cn(-c2ccccc2)nc1-c1ccccc1. The van der Waals surface area contributed by atoms with Gasteiger partial charge in [0, 0.05) is 63.0 Å². The minimum absolute atomic E-state index is 0.524. The number of aromatic nitrogens is 2. The first-order chi connectivity index (χ1) is 15.3. The van der Waals surface area contributed by atoms with Crippen molar-refractivity contribution in [1.29, 1.82) is 5.26 Å². The first-order valence-corrected chi connectivity index (χ1v) is 10.9. The van der Waals surface area contributed by atoms with Crippen molar-refractivity contribution in [3.05, 3.63) is 72.4 Å². The van der Waals surface area contributed by atoms with Crippen molar-refractivity contribution in [2.45, 2.75) is 13.0 Å². The van der Waals surface area contributed by atoms with Crippen LogP contribution < -0.4 is 0 Å². The number of benzene rings is 2. The molecule has 2 aromatic carbocycles. The molecule has 1 saturated heterocycles. The third-order valence-electron chi connectivity index (χ3n) is 5.63. The summed E-state index contributed by atoms with van der Waals surface area (Å²) in [7, 11) is 0. The Hall–Kier alpha value is -2.98. The Morgan fingerprint density at radius 3 is 2.39 bits per heavy atom. The Bertz CT molecular complexity index is 974. The molecule has 6 heteroatoms. The molecule has 1 fully saturated rings. The largest absolute Gasteiger partial charge is 0.379 e. The van der Waals surface area contributed by atoms with Crippen LogP contribution in [0.25, 0.3) is 16.9 Å². The Morgan fingerprint density at radius 2 is 1.68 bits per heavy atom. The third-order valence-corrected chi connectivity index (χ3v) is 5.63. The van der Waals surface area contributed by atoms with Gasteiger partial charge in [0.15, 0.2) is 0 Å². The minimum Gasteiger partial charge on any atom is -0.379 e. The van der Waals surface area contributed by atoms with Crippen LogP contribution in [0.5, 0.6) is 0 Å². The minimum atomic E-state index is 0.524. The monoisotopic (exact) mass is 415 g/mol. The summed E-state index contributed by atoms with van der Waals surface area (Å²) in [6.07, 6.45) is 2.66. The van der Waals surface area contributed by atoms with Crippen molar-refractivity contribution >= 4 is 0 Å². The van der Waals surface area contributed by atoms with Gasteiger partial charge in [-0.1, -0.05) is 48.5 Å². The number of rotatable bonds is 9. The summed E-state index contributed by atoms with van der Waals surface area (Å²) < 4.78 is 7.43. The molecule has 1 aliphatic heterocycles. The lowest BCUT2D eigenvalue weighted by Gasteiger charge is -2.29. The highest BCUT2D eigenvalue weighted by Gasteiger charge is 2.17. The van der Waals surface area contributed by atoms with E-state index in [0.717, 1.165) is 69.4 Å². The molecule has 31 heavy (non-hydrogen) atoms. The topological polar surface area (TPSA) is 57.3 Å². The highest BCUT2D eigenvalue weighted by Crippen LogP contribution is 2.25. The molecule has 0 amide bonds. The quantitative estimate of drug-likeness (QED) is 0.535. The predicted octanol–water partition coefficient (Wildman–Crippen LogP) is 3.59. The van der Waals surface area contributed by atoms with E-state index < -0.39 is 0 Å². The molecule has 2 heterocycles. The van der Waals surface area contributed by atoms with Gasteiger partial charge in [-0.25, -0.2) is 4.68 Å². The summed E-state index contributed by atoms with van der Waals surface area (Å²) >= 11 is 0. The number of nitrogens with zero attached hydrogens (tertiary/aromatic N) is 5. The second kappa shape index (κ2) is 10.9. The Morgan fingerprint density at radius 1 is 0.968 bits per heavy atom. The molecule has 6 nitrogen and oxygen atoms in total. The maximum Gasteiger partial charge on any atom is 0.0972 e. The average Bonchev–Trinajstić information content (AvgIpc) is 3.26. The zero-order chi connectivity index (χ0) is 21.3. The Kier molecular flexibility index (Phi) is 7.46. The van der Waals surface area contributed by atoms with Crippen LogP contribution in [-0.4, -0.2) is 65.5 Å². The fraction of sp³-hybridized carbons (Fsp3) is 0.360. The molecule has 0 aliphatic carbocycles. The van der Waals surface area contributed by atoms with Crippen molar-refractivity contribution in [1.82, 2.24) is 19.6 Å². The van der Waals surface area contributed by atoms with Crippen LogP contribution in [0.15, 0.2) is 66.9 Å². The van der Waals surface area contributed by atoms with Crippen molar-refractivity contribution in [2.24, 2.45) is 0 Å². The van der Waals surface area contributed by atoms with Gasteiger partial charge < -0.3 is 4.74 Å². The summed E-state index contributed by atoms with van der Waals surface area (Å²) in [5.41, 5.74) is 4.33. The lowest BCUT2D eigenvalue weighted by atomic mass is 10.1. The summed E-state index contributed by atoms with van der Waals surface area (Å²) in [6.45, 7) is 7.00. The lowest BCUT2D eigenvalue weighted by Crippen LogP contribution is -2.41. The standard InChI is InChI=1S/C25H29N5O/c26-12-7-13-29(15-14-28-16-18-31-19-17-28)20-23-21-30(24-10-5-2-6-11-24)27-25(23)22-8-3-1-4-9-22/h1-6,8-11,21H,7,13-20H2. The molecular weight excluding hydrogens is 386 g/mol. The molecule has 0 unspecified atom stereocenters. The van der Waals surface area contributed by atoms with Gasteiger partial charge in [0.2, 0.25) is 0 Å². The van der Waals surface area contributed by atoms with E-state index in [1.54, 1.807) is 0 Å². The normalized spacial score (nSPS) is 14.6. The van der Waals surface area contributed by atoms with Crippen molar-refractivity contribution in [3.63, 3.8) is 0 Å². The second-order valence-corrected chi connectivity index (χ2v) is 7.79. The number of hydrogen-bond donors (Lipinski definition) is 0. The van der Waals surface area contributed by atoms with E-state index in [9.17, 15) is 0 Å². The van der Waals surface area contributed by atoms with Gasteiger partial charge in [0.05, 0.1) is 30.7 Å². The average molecular weight is 416 g/mol. The van der Waals surface area contributed by atoms with Gasteiger partial charge >= 0.3 is 0 Å². The van der Waals surface area contributed by atoms with Crippen molar-refractivity contribution < 1.29 is 4.74 Å². The van der Waals surface area contributed by atoms with E-state index in [1.807, 2.05) is 41.1 Å². The number of hydrogen-bond acceptors (Lipinski definition) is 5. The van der Waals surface area contributed by atoms with Crippen molar-refractivity contribution in [3.8, 4) is 23.0 Å². The smallest absolute Gasteiger partial charge is 0.0972 e. The van der Waals surface area contributed by atoms with Crippen LogP contribution in [-0.2, 0) is 11.3 Å².